The third-order valence-electron chi connectivity index (χ3n) is 5.17. The van der Waals surface area contributed by atoms with E-state index in [9.17, 15) is 13.5 Å². The van der Waals surface area contributed by atoms with Crippen LogP contribution in [0.5, 0.6) is 5.75 Å². The number of hydrogen-bond acceptors (Lipinski definition) is 5. The number of benzene rings is 2. The Morgan fingerprint density at radius 1 is 1.25 bits per heavy atom. The molecule has 5 nitrogen and oxygen atoms in total. The number of sulfone groups is 1. The van der Waals surface area contributed by atoms with Crippen LogP contribution >= 0.6 is 11.6 Å². The summed E-state index contributed by atoms with van der Waals surface area (Å²) in [6.07, 6.45) is 1.60. The lowest BCUT2D eigenvalue weighted by atomic mass is 10.1. The predicted octanol–water partition coefficient (Wildman–Crippen LogP) is 3.57. The molecule has 3 atom stereocenters. The summed E-state index contributed by atoms with van der Waals surface area (Å²) >= 11 is 6.02. The molecule has 0 spiro atoms. The Bertz CT molecular complexity index is 901. The summed E-state index contributed by atoms with van der Waals surface area (Å²) in [7, 11) is -3.20. The summed E-state index contributed by atoms with van der Waals surface area (Å²) in [6, 6.07) is 14.2. The minimum absolute atomic E-state index is 0.288. The van der Waals surface area contributed by atoms with Gasteiger partial charge in [-0.1, -0.05) is 23.7 Å². The van der Waals surface area contributed by atoms with Gasteiger partial charge in [0.2, 0.25) is 0 Å². The summed E-state index contributed by atoms with van der Waals surface area (Å²) in [5.74, 6) is 1.02. The molecule has 3 rings (SSSR count). The Morgan fingerprint density at radius 2 is 1.96 bits per heavy atom. The number of β-amino-alcohol motifs (C(OH)–C–C–N with tert-alkyl or cyclic N) is 1. The first-order chi connectivity index (χ1) is 13.2. The topological polar surface area (TPSA) is 66.8 Å². The van der Waals surface area contributed by atoms with Crippen LogP contribution < -0.4 is 4.74 Å². The molecular formula is C21H26ClNO4S. The molecule has 1 saturated heterocycles. The molecule has 0 aliphatic carbocycles. The zero-order chi connectivity index (χ0) is 20.3. The van der Waals surface area contributed by atoms with Gasteiger partial charge in [-0.15, -0.1) is 0 Å². The van der Waals surface area contributed by atoms with Crippen LogP contribution in [0.15, 0.2) is 53.4 Å². The third kappa shape index (κ3) is 5.47. The van der Waals surface area contributed by atoms with E-state index in [2.05, 4.69) is 11.8 Å². The molecule has 152 valence electrons. The van der Waals surface area contributed by atoms with E-state index in [-0.39, 0.29) is 4.90 Å². The largest absolute Gasteiger partial charge is 0.493 e. The average Bonchev–Trinajstić information content (AvgIpc) is 2.99. The number of aliphatic hydroxyl groups is 1. The predicted molar refractivity (Wildman–Crippen MR) is 111 cm³/mol. The number of hydrogen-bond donors (Lipinski definition) is 1. The molecule has 0 bridgehead atoms. The second-order valence-electron chi connectivity index (χ2n) is 7.53. The van der Waals surface area contributed by atoms with E-state index < -0.39 is 15.9 Å². The van der Waals surface area contributed by atoms with E-state index in [0.29, 0.717) is 35.9 Å². The fraction of sp³-hybridized carbons (Fsp3) is 0.429. The lowest BCUT2D eigenvalue weighted by molar-refractivity contribution is 0.107. The normalized spacial score (nSPS) is 21.6. The molecule has 7 heteroatoms. The number of likely N-dealkylation sites (tertiary alicyclic amines) is 1. The number of halogens is 1. The first-order valence-electron chi connectivity index (χ1n) is 9.33. The van der Waals surface area contributed by atoms with Crippen molar-refractivity contribution in [3.05, 3.63) is 59.1 Å². The van der Waals surface area contributed by atoms with E-state index in [1.165, 1.54) is 6.26 Å². The maximum absolute atomic E-state index is 11.5. The minimum atomic E-state index is -3.20. The molecule has 1 fully saturated rings. The Kier molecular flexibility index (Phi) is 6.65. The van der Waals surface area contributed by atoms with Gasteiger partial charge in [0, 0.05) is 36.3 Å². The lowest BCUT2D eigenvalue weighted by Gasteiger charge is -2.24. The van der Waals surface area contributed by atoms with Gasteiger partial charge in [0.05, 0.1) is 17.6 Å². The zero-order valence-corrected chi connectivity index (χ0v) is 17.7. The summed E-state index contributed by atoms with van der Waals surface area (Å²) in [6.45, 7) is 4.12. The van der Waals surface area contributed by atoms with Gasteiger partial charge in [0.15, 0.2) is 9.84 Å². The Balaban J connectivity index is 1.52. The fourth-order valence-electron chi connectivity index (χ4n) is 3.63. The van der Waals surface area contributed by atoms with Gasteiger partial charge in [0.25, 0.3) is 0 Å². The summed E-state index contributed by atoms with van der Waals surface area (Å²) in [5.41, 5.74) is 0.824. The molecule has 1 N–H and O–H groups in total. The van der Waals surface area contributed by atoms with Gasteiger partial charge < -0.3 is 9.84 Å². The standard InChI is InChI=1S/C21H26ClNO4S/c1-15-10-16(14-27-19-6-8-20(9-7-19)28(2,25)26)12-23(15)13-21(24)17-4-3-5-18(22)11-17/h3-9,11,15-16,21,24H,10,12-14H2,1-2H3/t15-,16+,21-/m1/s1. The molecule has 0 unspecified atom stereocenters. The fourth-order valence-corrected chi connectivity index (χ4v) is 4.46. The summed E-state index contributed by atoms with van der Waals surface area (Å²) in [4.78, 5) is 2.56. The Morgan fingerprint density at radius 3 is 2.61 bits per heavy atom. The maximum Gasteiger partial charge on any atom is 0.175 e. The van der Waals surface area contributed by atoms with Crippen LogP contribution in [0, 0.1) is 5.92 Å². The van der Waals surface area contributed by atoms with Gasteiger partial charge in [-0.25, -0.2) is 8.42 Å². The van der Waals surface area contributed by atoms with Crippen molar-refractivity contribution in [2.75, 3.05) is 26.0 Å². The van der Waals surface area contributed by atoms with Crippen molar-refractivity contribution in [1.29, 1.82) is 0 Å². The van der Waals surface area contributed by atoms with Crippen molar-refractivity contribution in [2.24, 2.45) is 5.92 Å². The molecule has 28 heavy (non-hydrogen) atoms. The molecule has 0 amide bonds. The van der Waals surface area contributed by atoms with Crippen LogP contribution in [-0.2, 0) is 9.84 Å². The van der Waals surface area contributed by atoms with Crippen molar-refractivity contribution in [3.63, 3.8) is 0 Å². The quantitative estimate of drug-likeness (QED) is 0.737. The zero-order valence-electron chi connectivity index (χ0n) is 16.1. The highest BCUT2D eigenvalue weighted by molar-refractivity contribution is 7.90. The summed E-state index contributed by atoms with van der Waals surface area (Å²) < 4.78 is 28.9. The van der Waals surface area contributed by atoms with Gasteiger partial charge in [-0.3, -0.25) is 4.90 Å². The SMILES string of the molecule is C[C@@H]1C[C@H](COc2ccc(S(C)(=O)=O)cc2)CN1C[C@@H](O)c1cccc(Cl)c1. The van der Waals surface area contributed by atoms with Crippen LogP contribution in [-0.4, -0.2) is 50.4 Å². The van der Waals surface area contributed by atoms with Crippen LogP contribution in [0.2, 0.25) is 5.02 Å². The number of nitrogens with zero attached hydrogens (tertiary/aromatic N) is 1. The van der Waals surface area contributed by atoms with E-state index in [1.807, 2.05) is 12.1 Å². The van der Waals surface area contributed by atoms with Crippen molar-refractivity contribution in [2.45, 2.75) is 30.4 Å². The van der Waals surface area contributed by atoms with Gasteiger partial charge in [-0.2, -0.15) is 0 Å². The molecule has 0 saturated carbocycles. The van der Waals surface area contributed by atoms with Crippen LogP contribution in [0.25, 0.3) is 0 Å². The molecule has 2 aromatic rings. The van der Waals surface area contributed by atoms with E-state index in [0.717, 1.165) is 18.5 Å². The number of aliphatic hydroxyl groups excluding tert-OH is 1. The second kappa shape index (κ2) is 8.82. The molecular weight excluding hydrogens is 398 g/mol. The lowest BCUT2D eigenvalue weighted by Crippen LogP contribution is -2.32. The highest BCUT2D eigenvalue weighted by Gasteiger charge is 2.31. The number of rotatable bonds is 7. The number of ether oxygens (including phenoxy) is 1. The third-order valence-corrected chi connectivity index (χ3v) is 6.53. The van der Waals surface area contributed by atoms with Gasteiger partial charge in [0.1, 0.15) is 5.75 Å². The van der Waals surface area contributed by atoms with Crippen molar-refractivity contribution >= 4 is 21.4 Å². The van der Waals surface area contributed by atoms with Crippen LogP contribution in [0.3, 0.4) is 0 Å². The summed E-state index contributed by atoms with van der Waals surface area (Å²) in [5, 5.41) is 11.2. The molecule has 1 aliphatic heterocycles. The van der Waals surface area contributed by atoms with Gasteiger partial charge >= 0.3 is 0 Å². The van der Waals surface area contributed by atoms with E-state index in [1.54, 1.807) is 36.4 Å². The Labute approximate surface area is 171 Å². The van der Waals surface area contributed by atoms with Crippen LogP contribution in [0.4, 0.5) is 0 Å². The van der Waals surface area contributed by atoms with Crippen LogP contribution in [0.1, 0.15) is 25.0 Å². The van der Waals surface area contributed by atoms with Crippen molar-refractivity contribution in [1.82, 2.24) is 4.90 Å². The Hall–Kier alpha value is -1.60. The smallest absolute Gasteiger partial charge is 0.175 e. The average molecular weight is 424 g/mol. The molecule has 1 aliphatic rings. The first-order valence-corrected chi connectivity index (χ1v) is 11.6. The van der Waals surface area contributed by atoms with Crippen molar-refractivity contribution < 1.29 is 18.3 Å². The monoisotopic (exact) mass is 423 g/mol. The first kappa shape index (κ1) is 21.1. The second-order valence-corrected chi connectivity index (χ2v) is 9.98. The minimum Gasteiger partial charge on any atom is -0.493 e. The van der Waals surface area contributed by atoms with Crippen molar-refractivity contribution in [3.8, 4) is 5.75 Å². The molecule has 0 aromatic heterocycles. The highest BCUT2D eigenvalue weighted by Crippen LogP contribution is 2.27. The molecule has 2 aromatic carbocycles. The van der Waals surface area contributed by atoms with E-state index >= 15 is 0 Å². The maximum atomic E-state index is 11.5. The molecule has 0 radical (unpaired) electrons. The van der Waals surface area contributed by atoms with Gasteiger partial charge in [-0.05, 0) is 55.3 Å². The highest BCUT2D eigenvalue weighted by atomic mass is 35.5. The molecule has 1 heterocycles. The van der Waals surface area contributed by atoms with E-state index in [4.69, 9.17) is 16.3 Å².